The van der Waals surface area contributed by atoms with Crippen LogP contribution in [0.1, 0.15) is 74.9 Å². The number of rotatable bonds is 10. The number of hydrogen-bond donors (Lipinski definition) is 0. The summed E-state index contributed by atoms with van der Waals surface area (Å²) in [4.78, 5) is 7.34. The largest absolute Gasteiger partial charge is 0.497 e. The lowest BCUT2D eigenvalue weighted by Crippen LogP contribution is -2.44. The second kappa shape index (κ2) is 14.6. The van der Waals surface area contributed by atoms with E-state index in [0.29, 0.717) is 0 Å². The summed E-state index contributed by atoms with van der Waals surface area (Å²) in [6, 6.07) is 47.8. The highest BCUT2D eigenvalue weighted by Crippen LogP contribution is 2.68. The van der Waals surface area contributed by atoms with E-state index in [0.717, 1.165) is 61.6 Å². The van der Waals surface area contributed by atoms with E-state index >= 15 is 0 Å². The molecule has 0 N–H and O–H groups in total. The fraction of sp³-hybridized carbons (Fsp3) is 0.236. The van der Waals surface area contributed by atoms with Crippen molar-refractivity contribution in [1.82, 2.24) is 0 Å². The molecule has 7 aromatic carbocycles. The number of ether oxygens (including phenoxy) is 4. The van der Waals surface area contributed by atoms with E-state index in [1.807, 2.05) is 48.5 Å². The van der Waals surface area contributed by atoms with E-state index in [-0.39, 0.29) is 10.8 Å². The maximum absolute atomic E-state index is 5.63. The molecule has 0 saturated heterocycles. The quantitative estimate of drug-likeness (QED) is 0.136. The molecule has 0 spiro atoms. The first-order valence-electron chi connectivity index (χ1n) is 21.4. The Kier molecular flexibility index (Phi) is 9.42. The molecular weight excluding hydrogens is 847 g/mol. The SMILES string of the molecule is COc1ccc(N(c2ccc(OC)cc2)c2cc3c4c(c2)C(C)(C)c2cc(N(c5ccc(OC)cc5)c5ccc(OC)cc5)cc5c2N4c2c(cc(Br)cc2C5(C)C)C3(C)C)cc1. The van der Waals surface area contributed by atoms with E-state index in [1.54, 1.807) is 28.4 Å². The summed E-state index contributed by atoms with van der Waals surface area (Å²) < 4.78 is 23.6. The fourth-order valence-electron chi connectivity index (χ4n) is 10.3. The molecule has 0 aromatic heterocycles. The van der Waals surface area contributed by atoms with Gasteiger partial charge in [-0.1, -0.05) is 57.5 Å². The van der Waals surface area contributed by atoms with Gasteiger partial charge in [0.25, 0.3) is 0 Å². The number of benzene rings is 7. The molecule has 63 heavy (non-hydrogen) atoms. The molecule has 0 amide bonds. The average molecular weight is 899 g/mol. The Morgan fingerprint density at radius 3 is 0.794 bits per heavy atom. The van der Waals surface area contributed by atoms with Crippen molar-refractivity contribution in [2.24, 2.45) is 0 Å². The van der Waals surface area contributed by atoms with E-state index in [2.05, 4.69) is 157 Å². The van der Waals surface area contributed by atoms with E-state index < -0.39 is 5.41 Å². The van der Waals surface area contributed by atoms with E-state index in [4.69, 9.17) is 18.9 Å². The zero-order chi connectivity index (χ0) is 44.2. The van der Waals surface area contributed by atoms with Crippen LogP contribution in [-0.4, -0.2) is 28.4 Å². The topological polar surface area (TPSA) is 46.6 Å². The summed E-state index contributed by atoms with van der Waals surface area (Å²) in [6.07, 6.45) is 0. The third-order valence-electron chi connectivity index (χ3n) is 13.8. The standard InChI is InChI=1S/C55H52BrN3O4/c1-53(2)44-27-33(56)28-45-50(44)59-51-46(53)29-38(57(34-11-19-40(60-7)20-12-34)35-13-21-41(61-8)22-14-35)31-48(51)55(5,6)49-32-39(30-47(52(49)59)54(45,3)4)58(36-15-23-42(62-9)24-16-36)37-17-25-43(63-10)26-18-37/h11-32H,1-10H3. The monoisotopic (exact) mass is 897 g/mol. The molecule has 3 aliphatic heterocycles. The molecule has 0 fully saturated rings. The lowest BCUT2D eigenvalue weighted by molar-refractivity contribution is 0.414. The van der Waals surface area contributed by atoms with Gasteiger partial charge in [-0.3, -0.25) is 0 Å². The molecule has 0 bridgehead atoms. The van der Waals surface area contributed by atoms with Crippen LogP contribution >= 0.6 is 15.9 Å². The summed E-state index contributed by atoms with van der Waals surface area (Å²) in [7, 11) is 6.83. The van der Waals surface area contributed by atoms with Crippen molar-refractivity contribution in [3.63, 3.8) is 0 Å². The second-order valence-electron chi connectivity index (χ2n) is 18.3. The van der Waals surface area contributed by atoms with Gasteiger partial charge in [-0.15, -0.1) is 0 Å². The third-order valence-corrected chi connectivity index (χ3v) is 14.3. The molecule has 10 rings (SSSR count). The molecule has 3 aliphatic rings. The third kappa shape index (κ3) is 6.12. The van der Waals surface area contributed by atoms with Crippen LogP contribution in [0.25, 0.3) is 0 Å². The molecule has 0 atom stereocenters. The molecule has 7 aromatic rings. The van der Waals surface area contributed by atoms with Crippen LogP contribution in [0.5, 0.6) is 23.0 Å². The zero-order valence-corrected chi connectivity index (χ0v) is 39.1. The number of anilines is 9. The highest BCUT2D eigenvalue weighted by molar-refractivity contribution is 9.10. The highest BCUT2D eigenvalue weighted by atomic mass is 79.9. The van der Waals surface area contributed by atoms with Crippen LogP contribution in [0.15, 0.2) is 138 Å². The lowest BCUT2D eigenvalue weighted by Gasteiger charge is -2.55. The van der Waals surface area contributed by atoms with Crippen LogP contribution in [-0.2, 0) is 16.2 Å². The Balaban J connectivity index is 1.28. The van der Waals surface area contributed by atoms with Crippen molar-refractivity contribution >= 4 is 67.1 Å². The van der Waals surface area contributed by atoms with Gasteiger partial charge >= 0.3 is 0 Å². The van der Waals surface area contributed by atoms with Crippen molar-refractivity contribution in [1.29, 1.82) is 0 Å². The number of methoxy groups -OCH3 is 4. The highest BCUT2D eigenvalue weighted by Gasteiger charge is 2.52. The van der Waals surface area contributed by atoms with Gasteiger partial charge in [0.1, 0.15) is 23.0 Å². The van der Waals surface area contributed by atoms with Crippen LogP contribution in [0.3, 0.4) is 0 Å². The summed E-state index contributed by atoms with van der Waals surface area (Å²) in [6.45, 7) is 14.4. The Morgan fingerprint density at radius 1 is 0.349 bits per heavy atom. The van der Waals surface area contributed by atoms with Gasteiger partial charge in [-0.2, -0.15) is 0 Å². The van der Waals surface area contributed by atoms with Gasteiger partial charge < -0.3 is 33.6 Å². The normalized spacial score (nSPS) is 15.3. The van der Waals surface area contributed by atoms with Gasteiger partial charge in [0.05, 0.1) is 45.5 Å². The molecule has 318 valence electrons. The van der Waals surface area contributed by atoms with Crippen LogP contribution in [0.2, 0.25) is 0 Å². The summed E-state index contributed by atoms with van der Waals surface area (Å²) in [5, 5.41) is 0. The summed E-state index contributed by atoms with van der Waals surface area (Å²) in [5.41, 5.74) is 16.7. The average Bonchev–Trinajstić information content (AvgIpc) is 3.29. The first kappa shape index (κ1) is 40.7. The Bertz CT molecular complexity index is 2630. The molecule has 0 saturated carbocycles. The molecule has 8 heteroatoms. The van der Waals surface area contributed by atoms with Crippen LogP contribution in [0, 0.1) is 0 Å². The first-order chi connectivity index (χ1) is 30.2. The molecule has 7 nitrogen and oxygen atoms in total. The van der Waals surface area contributed by atoms with Gasteiger partial charge in [0.15, 0.2) is 0 Å². The van der Waals surface area contributed by atoms with Gasteiger partial charge in [0.2, 0.25) is 0 Å². The minimum Gasteiger partial charge on any atom is -0.497 e. The minimum absolute atomic E-state index is 0.351. The zero-order valence-electron chi connectivity index (χ0n) is 37.6. The van der Waals surface area contributed by atoms with Crippen molar-refractivity contribution in [3.8, 4) is 23.0 Å². The molecule has 3 heterocycles. The van der Waals surface area contributed by atoms with Gasteiger partial charge in [0, 0.05) is 54.8 Å². The maximum Gasteiger partial charge on any atom is 0.119 e. The number of nitrogens with zero attached hydrogens (tertiary/aromatic N) is 3. The predicted octanol–water partition coefficient (Wildman–Crippen LogP) is 14.8. The Labute approximate surface area is 379 Å². The van der Waals surface area contributed by atoms with E-state index in [9.17, 15) is 0 Å². The van der Waals surface area contributed by atoms with Crippen LogP contribution < -0.4 is 33.6 Å². The number of hydrogen-bond acceptors (Lipinski definition) is 7. The van der Waals surface area contributed by atoms with Crippen LogP contribution in [0.4, 0.5) is 51.2 Å². The van der Waals surface area contributed by atoms with Crippen molar-refractivity contribution < 1.29 is 18.9 Å². The van der Waals surface area contributed by atoms with Gasteiger partial charge in [-0.05, 0) is 167 Å². The molecule has 0 radical (unpaired) electrons. The second-order valence-corrected chi connectivity index (χ2v) is 19.2. The maximum atomic E-state index is 5.63. The van der Waals surface area contributed by atoms with Gasteiger partial charge in [-0.25, -0.2) is 0 Å². The Hall–Kier alpha value is -6.38. The van der Waals surface area contributed by atoms with Crippen molar-refractivity contribution in [2.75, 3.05) is 43.1 Å². The summed E-state index contributed by atoms with van der Waals surface area (Å²) in [5.74, 6) is 3.24. The van der Waals surface area contributed by atoms with E-state index in [1.165, 1.54) is 50.4 Å². The molecule has 0 unspecified atom stereocenters. The fourth-order valence-corrected chi connectivity index (χ4v) is 10.7. The Morgan fingerprint density at radius 2 is 0.571 bits per heavy atom. The predicted molar refractivity (Wildman–Crippen MR) is 261 cm³/mol. The summed E-state index contributed by atoms with van der Waals surface area (Å²) >= 11 is 4.02. The van der Waals surface area contributed by atoms with Crippen molar-refractivity contribution in [2.45, 2.75) is 57.8 Å². The molecular formula is C55H52BrN3O4. The number of halogens is 1. The lowest BCUT2D eigenvalue weighted by atomic mass is 9.60. The smallest absolute Gasteiger partial charge is 0.119 e. The van der Waals surface area contributed by atoms with Crippen molar-refractivity contribution in [3.05, 3.63) is 171 Å². The molecule has 0 aliphatic carbocycles. The minimum atomic E-state index is -0.440. The first-order valence-corrected chi connectivity index (χ1v) is 22.2.